The first-order chi connectivity index (χ1) is 18.5. The van der Waals surface area contributed by atoms with Gasteiger partial charge in [-0.2, -0.15) is 0 Å². The highest BCUT2D eigenvalue weighted by atomic mass is 32.2. The molecule has 1 unspecified atom stereocenters. The molecule has 1 atom stereocenters. The molecule has 1 saturated heterocycles. The minimum absolute atomic E-state index is 0.112. The number of sulfone groups is 1. The van der Waals surface area contributed by atoms with Crippen LogP contribution >= 0.6 is 0 Å². The maximum Gasteiger partial charge on any atom is 0.356 e. The molecule has 2 aromatic rings. The lowest BCUT2D eigenvalue weighted by Crippen LogP contribution is -2.63. The predicted molar refractivity (Wildman–Crippen MR) is 137 cm³/mol. The largest absolute Gasteiger partial charge is 0.461 e. The molecular weight excluding hydrogens is 528 g/mol. The number of hydroxylamine groups is 2. The highest BCUT2D eigenvalue weighted by molar-refractivity contribution is 7.92. The standard InChI is InChI=1S/C27H26N2O9S/c1-17(30)37-15-20-16-39(34,35)26-21(14-22(31)28(2)36-3)25(32)29(26)23(20)27(33)38-24(18-10-6-4-7-11-18)19-12-8-5-9-13-19/h4-14,24,26H,15-16H2,1-3H3/b21-14-. The van der Waals surface area contributed by atoms with Gasteiger partial charge in [-0.1, -0.05) is 60.7 Å². The summed E-state index contributed by atoms with van der Waals surface area (Å²) >= 11 is 0. The number of carbonyl (C=O) groups excluding carboxylic acids is 4. The van der Waals surface area contributed by atoms with Gasteiger partial charge in [0.1, 0.15) is 12.3 Å². The Morgan fingerprint density at radius 3 is 2.13 bits per heavy atom. The predicted octanol–water partition coefficient (Wildman–Crippen LogP) is 1.68. The van der Waals surface area contributed by atoms with Crippen molar-refractivity contribution in [3.05, 3.63) is 94.7 Å². The number of nitrogens with zero attached hydrogens (tertiary/aromatic N) is 2. The van der Waals surface area contributed by atoms with E-state index in [1.54, 1.807) is 60.7 Å². The van der Waals surface area contributed by atoms with Crippen LogP contribution in [-0.2, 0) is 43.3 Å². The summed E-state index contributed by atoms with van der Waals surface area (Å²) in [4.78, 5) is 56.3. The molecule has 11 nitrogen and oxygen atoms in total. The molecule has 0 saturated carbocycles. The van der Waals surface area contributed by atoms with Crippen LogP contribution < -0.4 is 0 Å². The van der Waals surface area contributed by atoms with Crippen LogP contribution in [0.3, 0.4) is 0 Å². The van der Waals surface area contributed by atoms with E-state index in [4.69, 9.17) is 14.3 Å². The summed E-state index contributed by atoms with van der Waals surface area (Å²) in [5.74, 6) is -4.01. The SMILES string of the molecule is CON(C)C(=O)/C=C1/C(=O)N2C(C(=O)OC(c3ccccc3)c3ccccc3)=C(COC(C)=O)CS(=O)(=O)C12. The zero-order valence-electron chi connectivity index (χ0n) is 21.4. The molecule has 2 aromatic carbocycles. The Bertz CT molecular complexity index is 1430. The second-order valence-corrected chi connectivity index (χ2v) is 10.9. The van der Waals surface area contributed by atoms with Crippen molar-refractivity contribution in [2.45, 2.75) is 18.4 Å². The number of hydrogen-bond acceptors (Lipinski definition) is 9. The van der Waals surface area contributed by atoms with E-state index >= 15 is 0 Å². The first-order valence-electron chi connectivity index (χ1n) is 11.8. The van der Waals surface area contributed by atoms with Gasteiger partial charge < -0.3 is 9.47 Å². The van der Waals surface area contributed by atoms with Crippen LogP contribution in [-0.4, -0.2) is 74.0 Å². The summed E-state index contributed by atoms with van der Waals surface area (Å²) in [5, 5.41) is -0.769. The smallest absolute Gasteiger partial charge is 0.356 e. The van der Waals surface area contributed by atoms with E-state index in [9.17, 15) is 27.6 Å². The van der Waals surface area contributed by atoms with Crippen molar-refractivity contribution in [2.75, 3.05) is 26.5 Å². The van der Waals surface area contributed by atoms with Gasteiger partial charge in [-0.25, -0.2) is 18.3 Å². The Hall–Kier alpha value is -4.29. The van der Waals surface area contributed by atoms with E-state index in [-0.39, 0.29) is 16.8 Å². The van der Waals surface area contributed by atoms with Gasteiger partial charge in [0.2, 0.25) is 0 Å². The second-order valence-electron chi connectivity index (χ2n) is 8.79. The summed E-state index contributed by atoms with van der Waals surface area (Å²) in [6.45, 7) is 0.592. The number of benzene rings is 2. The fourth-order valence-corrected chi connectivity index (χ4v) is 6.23. The van der Waals surface area contributed by atoms with Crippen molar-refractivity contribution in [3.63, 3.8) is 0 Å². The molecule has 0 aromatic heterocycles. The second kappa shape index (κ2) is 11.2. The Balaban J connectivity index is 1.77. The monoisotopic (exact) mass is 554 g/mol. The maximum absolute atomic E-state index is 13.7. The van der Waals surface area contributed by atoms with E-state index in [0.717, 1.165) is 23.0 Å². The van der Waals surface area contributed by atoms with Gasteiger partial charge in [-0.05, 0) is 11.1 Å². The molecule has 204 valence electrons. The fraction of sp³-hybridized carbons (Fsp3) is 0.259. The van der Waals surface area contributed by atoms with Gasteiger partial charge >= 0.3 is 11.9 Å². The lowest BCUT2D eigenvalue weighted by Gasteiger charge is -2.45. The molecule has 0 bridgehead atoms. The topological polar surface area (TPSA) is 137 Å². The first-order valence-corrected chi connectivity index (χ1v) is 13.5. The van der Waals surface area contributed by atoms with Gasteiger partial charge in [-0.15, -0.1) is 0 Å². The Kier molecular flexibility index (Phi) is 7.98. The van der Waals surface area contributed by atoms with Crippen molar-refractivity contribution < 1.29 is 41.9 Å². The third-order valence-electron chi connectivity index (χ3n) is 6.19. The first kappa shape index (κ1) is 27.7. The Morgan fingerprint density at radius 1 is 1.05 bits per heavy atom. The van der Waals surface area contributed by atoms with E-state index in [0.29, 0.717) is 11.1 Å². The van der Waals surface area contributed by atoms with Crippen LogP contribution in [0.15, 0.2) is 83.6 Å². The minimum Gasteiger partial charge on any atom is -0.461 e. The van der Waals surface area contributed by atoms with Crippen molar-refractivity contribution in [1.82, 2.24) is 9.96 Å². The summed E-state index contributed by atoms with van der Waals surface area (Å²) < 4.78 is 37.3. The van der Waals surface area contributed by atoms with Gasteiger partial charge in [-0.3, -0.25) is 24.1 Å². The molecule has 0 N–H and O–H groups in total. The van der Waals surface area contributed by atoms with Gasteiger partial charge in [0.05, 0.1) is 18.4 Å². The average molecular weight is 555 g/mol. The van der Waals surface area contributed by atoms with E-state index in [1.165, 1.54) is 14.2 Å². The van der Waals surface area contributed by atoms with Crippen LogP contribution in [0, 0.1) is 0 Å². The van der Waals surface area contributed by atoms with Crippen LogP contribution in [0.2, 0.25) is 0 Å². The number of hydrogen-bond donors (Lipinski definition) is 0. The zero-order chi connectivity index (χ0) is 28.3. The van der Waals surface area contributed by atoms with Crippen molar-refractivity contribution >= 4 is 33.6 Å². The van der Waals surface area contributed by atoms with Crippen LogP contribution in [0.5, 0.6) is 0 Å². The summed E-state index contributed by atoms with van der Waals surface area (Å²) in [7, 11) is -1.58. The highest BCUT2D eigenvalue weighted by Gasteiger charge is 2.57. The lowest BCUT2D eigenvalue weighted by molar-refractivity contribution is -0.163. The number of esters is 2. The summed E-state index contributed by atoms with van der Waals surface area (Å²) in [6, 6.07) is 17.8. The number of carbonyl (C=O) groups is 4. The zero-order valence-corrected chi connectivity index (χ0v) is 22.2. The molecule has 1 fully saturated rings. The fourth-order valence-electron chi connectivity index (χ4n) is 4.29. The van der Waals surface area contributed by atoms with Crippen LogP contribution in [0.4, 0.5) is 0 Å². The highest BCUT2D eigenvalue weighted by Crippen LogP contribution is 2.41. The van der Waals surface area contributed by atoms with Crippen molar-refractivity contribution in [1.29, 1.82) is 0 Å². The summed E-state index contributed by atoms with van der Waals surface area (Å²) in [6.07, 6.45) is -0.0240. The molecule has 12 heteroatoms. The van der Waals surface area contributed by atoms with E-state index in [1.807, 2.05) is 0 Å². The number of β-lactam (4-membered cyclic amide) rings is 1. The van der Waals surface area contributed by atoms with Crippen molar-refractivity contribution in [2.24, 2.45) is 0 Å². The molecule has 39 heavy (non-hydrogen) atoms. The minimum atomic E-state index is -4.11. The number of ether oxygens (including phenoxy) is 2. The number of fused-ring (bicyclic) bond motifs is 1. The quantitative estimate of drug-likeness (QED) is 0.207. The molecule has 0 aliphatic carbocycles. The van der Waals surface area contributed by atoms with Gasteiger partial charge in [0.15, 0.2) is 21.3 Å². The number of rotatable bonds is 8. The molecule has 2 aliphatic heterocycles. The van der Waals surface area contributed by atoms with E-state index < -0.39 is 57.4 Å². The third-order valence-corrected chi connectivity index (χ3v) is 8.09. The summed E-state index contributed by atoms with van der Waals surface area (Å²) in [5.41, 5.74) is 0.510. The molecule has 4 rings (SSSR count). The molecule has 0 radical (unpaired) electrons. The lowest BCUT2D eigenvalue weighted by atomic mass is 10.00. The van der Waals surface area contributed by atoms with Crippen LogP contribution in [0.25, 0.3) is 0 Å². The maximum atomic E-state index is 13.7. The molecule has 2 heterocycles. The number of amides is 2. The average Bonchev–Trinajstić information content (AvgIpc) is 2.92. The number of likely N-dealkylation sites (N-methyl/N-ethyl adjacent to an activating group) is 1. The molecule has 2 amide bonds. The molecule has 0 spiro atoms. The Morgan fingerprint density at radius 2 is 1.62 bits per heavy atom. The molecule has 2 aliphatic rings. The molecular formula is C27H26N2O9S. The van der Waals surface area contributed by atoms with Crippen LogP contribution in [0.1, 0.15) is 24.2 Å². The third kappa shape index (κ3) is 5.61. The van der Waals surface area contributed by atoms with E-state index in [2.05, 4.69) is 0 Å². The van der Waals surface area contributed by atoms with Gasteiger partial charge in [0.25, 0.3) is 11.8 Å². The van der Waals surface area contributed by atoms with Gasteiger partial charge in [0, 0.05) is 25.6 Å². The Labute approximate surface area is 225 Å². The normalized spacial score (nSPS) is 18.9. The van der Waals surface area contributed by atoms with Crippen molar-refractivity contribution in [3.8, 4) is 0 Å².